The summed E-state index contributed by atoms with van der Waals surface area (Å²) in [5.74, 6) is 0. The van der Waals surface area contributed by atoms with Gasteiger partial charge in [0.25, 0.3) is 0 Å². The smallest absolute Gasteiger partial charge is 1.00 e. The van der Waals surface area contributed by atoms with E-state index in [2.05, 4.69) is 20.8 Å². The fourth-order valence-electron chi connectivity index (χ4n) is 0.873. The van der Waals surface area contributed by atoms with Gasteiger partial charge in [-0.2, -0.15) is 0 Å². The molecule has 1 aromatic rings. The summed E-state index contributed by atoms with van der Waals surface area (Å²) in [6.45, 7) is 6.70. The zero-order chi connectivity index (χ0) is 7.02. The van der Waals surface area contributed by atoms with Crippen molar-refractivity contribution in [3.05, 3.63) is 16.4 Å². The Kier molecular flexibility index (Phi) is 2.34. The fraction of sp³-hybridized carbons (Fsp3) is 0.429. The molecule has 0 N–H and O–H groups in total. The monoisotopic (exact) mass is 172 g/mol. The van der Waals surface area contributed by atoms with Crippen LogP contribution in [0.1, 0.15) is 19.3 Å². The molecular weight excluding hydrogens is 160 g/mol. The second-order valence-electron chi connectivity index (χ2n) is 2.41. The Morgan fingerprint density at radius 3 is 1.89 bits per heavy atom. The standard InChI is InChI=1S/C7H10P.Sc.2H/c1-5-4-8-7(3)6(5)2;;;/h8H,1-3H3;;;/q;+2;2*-1. The van der Waals surface area contributed by atoms with E-state index in [1.165, 1.54) is 5.56 Å². The van der Waals surface area contributed by atoms with E-state index in [-0.39, 0.29) is 2.85 Å². The minimum atomic E-state index is 0. The molecule has 1 unspecified atom stereocenters. The molecule has 0 saturated carbocycles. The van der Waals surface area contributed by atoms with Gasteiger partial charge in [-0.15, -0.1) is 0 Å². The molecule has 0 aliphatic heterocycles. The number of rotatable bonds is 0. The maximum absolute atomic E-state index is 2.24. The van der Waals surface area contributed by atoms with Crippen molar-refractivity contribution in [2.24, 2.45) is 0 Å². The molecule has 0 nitrogen and oxygen atoms in total. The summed E-state index contributed by atoms with van der Waals surface area (Å²) in [6, 6.07) is 0. The molecule has 0 aliphatic carbocycles. The van der Waals surface area contributed by atoms with E-state index in [9.17, 15) is 0 Å². The summed E-state index contributed by atoms with van der Waals surface area (Å²) < 4.78 is 1.64. The molecule has 0 spiro atoms. The Morgan fingerprint density at radius 2 is 1.78 bits per heavy atom. The quantitative estimate of drug-likeness (QED) is 0.561. The van der Waals surface area contributed by atoms with Crippen molar-refractivity contribution in [1.29, 1.82) is 0 Å². The van der Waals surface area contributed by atoms with E-state index in [1.807, 2.05) is 0 Å². The number of hydrogen-bond acceptors (Lipinski definition) is 0. The van der Waals surface area contributed by atoms with Crippen LogP contribution in [0.3, 0.4) is 0 Å². The first-order chi connectivity index (χ1) is 4.13. The van der Waals surface area contributed by atoms with Gasteiger partial charge in [0.15, 0.2) is 0 Å². The number of hydrogen-bond donors (Lipinski definition) is 0. The van der Waals surface area contributed by atoms with Crippen LogP contribution in [-0.2, 0) is 24.4 Å². The van der Waals surface area contributed by atoms with Crippen molar-refractivity contribution in [2.45, 2.75) is 20.8 Å². The Bertz CT molecular complexity index is 210. The van der Waals surface area contributed by atoms with Gasteiger partial charge in [0.1, 0.15) is 0 Å². The van der Waals surface area contributed by atoms with E-state index >= 15 is 0 Å². The van der Waals surface area contributed by atoms with Crippen LogP contribution in [0.5, 0.6) is 0 Å². The van der Waals surface area contributed by atoms with Gasteiger partial charge in [-0.25, -0.2) is 0 Å². The molecule has 0 aromatic carbocycles. The zero-order valence-electron chi connectivity index (χ0n) is 8.08. The third kappa shape index (κ3) is 1.38. The molecule has 1 aromatic heterocycles. The topological polar surface area (TPSA) is 0 Å². The first-order valence-electron chi connectivity index (χ1n) is 3.04. The van der Waals surface area contributed by atoms with Crippen LogP contribution in [0.15, 0.2) is 0 Å². The predicted octanol–water partition coefficient (Wildman–Crippen LogP) is 2.04. The summed E-state index contributed by atoms with van der Waals surface area (Å²) in [4.78, 5) is 0. The summed E-state index contributed by atoms with van der Waals surface area (Å²) in [7, 11) is 1.00. The van der Waals surface area contributed by atoms with Crippen LogP contribution in [0, 0.1) is 20.8 Å². The Hall–Kier alpha value is 0.650. The normalized spacial score (nSPS) is 11.2. The Labute approximate surface area is 75.7 Å². The van der Waals surface area contributed by atoms with Gasteiger partial charge in [-0.3, -0.25) is 0 Å². The molecule has 0 amide bonds. The largest absolute Gasteiger partial charge is 1.00 e. The van der Waals surface area contributed by atoms with E-state index in [4.69, 9.17) is 0 Å². The minimum absolute atomic E-state index is 0. The van der Waals surface area contributed by atoms with Crippen LogP contribution >= 0.6 is 8.19 Å². The van der Waals surface area contributed by atoms with Crippen molar-refractivity contribution >= 4 is 11.2 Å². The van der Waals surface area contributed by atoms with Gasteiger partial charge >= 0.3 is 72.8 Å². The zero-order valence-corrected chi connectivity index (χ0v) is 8.88. The first-order valence-corrected chi connectivity index (χ1v) is 4.94. The van der Waals surface area contributed by atoms with Gasteiger partial charge in [-0.05, 0) is 0 Å². The molecule has 1 heterocycles. The van der Waals surface area contributed by atoms with Crippen molar-refractivity contribution in [3.8, 4) is 0 Å². The SMILES string of the molecule is Cc1[pH][c]([Sc+2])c(C)c1C.[H-].[H-]. The summed E-state index contributed by atoms with van der Waals surface area (Å²) >= 11 is 1.80. The second-order valence-corrected chi connectivity index (χ2v) is 5.76. The van der Waals surface area contributed by atoms with E-state index in [0.717, 1.165) is 8.19 Å². The Balaban J connectivity index is 0. The van der Waals surface area contributed by atoms with Gasteiger partial charge in [0.2, 0.25) is 0 Å². The molecule has 1 rings (SSSR count). The van der Waals surface area contributed by atoms with Crippen LogP contribution in [0.2, 0.25) is 0 Å². The van der Waals surface area contributed by atoms with Crippen molar-refractivity contribution in [1.82, 2.24) is 0 Å². The van der Waals surface area contributed by atoms with Crippen LogP contribution in [0.25, 0.3) is 0 Å². The van der Waals surface area contributed by atoms with Crippen LogP contribution in [-0.4, -0.2) is 0 Å². The molecule has 0 saturated heterocycles. The predicted molar refractivity (Wildman–Crippen MR) is 42.0 cm³/mol. The van der Waals surface area contributed by atoms with Crippen LogP contribution in [0.4, 0.5) is 0 Å². The van der Waals surface area contributed by atoms with E-state index in [1.54, 1.807) is 38.3 Å². The molecule has 0 fully saturated rings. The summed E-state index contributed by atoms with van der Waals surface area (Å²) in [6.07, 6.45) is 0. The molecular formula is C7H12PSc. The third-order valence-electron chi connectivity index (χ3n) is 1.85. The molecule has 0 bridgehead atoms. The third-order valence-corrected chi connectivity index (χ3v) is 4.60. The van der Waals surface area contributed by atoms with Crippen molar-refractivity contribution in [3.63, 3.8) is 0 Å². The molecule has 0 aliphatic rings. The maximum atomic E-state index is 2.24. The summed E-state index contributed by atoms with van der Waals surface area (Å²) in [5.41, 5.74) is 3.08. The minimum Gasteiger partial charge on any atom is -1.00 e. The van der Waals surface area contributed by atoms with Gasteiger partial charge < -0.3 is 2.85 Å². The van der Waals surface area contributed by atoms with Gasteiger partial charge in [-0.1, -0.05) is 0 Å². The van der Waals surface area contributed by atoms with E-state index in [0.29, 0.717) is 0 Å². The first kappa shape index (κ1) is 7.75. The van der Waals surface area contributed by atoms with Gasteiger partial charge in [0, 0.05) is 0 Å². The average Bonchev–Trinajstić information content (AvgIpc) is 1.98. The van der Waals surface area contributed by atoms with Gasteiger partial charge in [0.05, 0.1) is 0 Å². The second kappa shape index (κ2) is 2.72. The summed E-state index contributed by atoms with van der Waals surface area (Å²) in [5, 5.41) is 1.59. The molecule has 2 heteroatoms. The molecule has 9 heavy (non-hydrogen) atoms. The van der Waals surface area contributed by atoms with E-state index < -0.39 is 0 Å². The Morgan fingerprint density at radius 1 is 1.22 bits per heavy atom. The number of aryl methyl sites for hydroxylation is 1. The molecule has 0 radical (unpaired) electrons. The van der Waals surface area contributed by atoms with Crippen molar-refractivity contribution < 1.29 is 27.2 Å². The van der Waals surface area contributed by atoms with Crippen LogP contribution < -0.4 is 3.05 Å². The molecule has 48 valence electrons. The molecule has 1 atom stereocenters. The average molecular weight is 172 g/mol. The maximum Gasteiger partial charge on any atom is -1.00 e. The van der Waals surface area contributed by atoms with Crippen molar-refractivity contribution in [2.75, 3.05) is 0 Å². The fourth-order valence-corrected chi connectivity index (χ4v) is 3.38.